The third kappa shape index (κ3) is 31.8. The molecule has 2 nitrogen and oxygen atoms in total. The third-order valence-corrected chi connectivity index (χ3v) is 6.70. The number of ketones is 2. The van der Waals surface area contributed by atoms with Gasteiger partial charge in [0.2, 0.25) is 0 Å². The van der Waals surface area contributed by atoms with Crippen molar-refractivity contribution < 1.29 is 40.7 Å². The Morgan fingerprint density at radius 3 is 1.48 bits per heavy atom. The number of carbonyl (C=O) groups is 2. The summed E-state index contributed by atoms with van der Waals surface area (Å²) in [6.45, 7) is 23.0. The molecule has 2 unspecified atom stereocenters. The van der Waals surface area contributed by atoms with Crippen molar-refractivity contribution in [3.63, 3.8) is 0 Å². The first-order chi connectivity index (χ1) is 19.1. The van der Waals surface area contributed by atoms with E-state index in [2.05, 4.69) is 54.5 Å². The van der Waals surface area contributed by atoms with E-state index in [-0.39, 0.29) is 56.0 Å². The van der Waals surface area contributed by atoms with Gasteiger partial charge in [0.15, 0.2) is 11.6 Å². The van der Waals surface area contributed by atoms with Crippen LogP contribution in [0, 0.1) is 63.4 Å². The molecule has 3 heteroatoms. The number of benzene rings is 2. The summed E-state index contributed by atoms with van der Waals surface area (Å²) in [7, 11) is 0. The first kappa shape index (κ1) is 50.5. The Balaban J connectivity index is -0.000000145. The van der Waals surface area contributed by atoms with Crippen LogP contribution in [0.4, 0.5) is 0 Å². The second kappa shape index (κ2) is 37.9. The minimum Gasteiger partial charge on any atom is -0.358 e. The van der Waals surface area contributed by atoms with Crippen molar-refractivity contribution in [1.29, 1.82) is 0 Å². The second-order valence-corrected chi connectivity index (χ2v) is 10.7. The molecule has 2 aromatic carbocycles. The van der Waals surface area contributed by atoms with Crippen molar-refractivity contribution in [3.05, 3.63) is 78.7 Å². The summed E-state index contributed by atoms with van der Waals surface area (Å²) in [5, 5.41) is 0. The van der Waals surface area contributed by atoms with Gasteiger partial charge in [-0.3, -0.25) is 9.59 Å². The van der Waals surface area contributed by atoms with Crippen LogP contribution >= 0.6 is 0 Å². The fraction of sp³-hybridized carbons (Fsp3) is 0.615. The fourth-order valence-corrected chi connectivity index (χ4v) is 3.20. The van der Waals surface area contributed by atoms with E-state index >= 15 is 0 Å². The molecular weight excluding hydrogens is 738 g/mol. The summed E-state index contributed by atoms with van der Waals surface area (Å²) in [6.07, 6.45) is 14.5. The number of Topliss-reactive ketones (excluding diaryl/α,β-unsaturated/α-hetero) is 2. The van der Waals surface area contributed by atoms with Gasteiger partial charge in [0.05, 0.1) is 0 Å². The van der Waals surface area contributed by atoms with Gasteiger partial charge in [-0.2, -0.15) is 35.9 Å². The number of unbranched alkanes of at least 4 members (excludes halogenated alkanes) is 5. The summed E-state index contributed by atoms with van der Waals surface area (Å²) in [6, 6.07) is 18.0. The molecule has 0 aliphatic carbocycles. The summed E-state index contributed by atoms with van der Waals surface area (Å²) < 4.78 is 0. The molecule has 0 N–H and O–H groups in total. The zero-order valence-electron chi connectivity index (χ0n) is 29.9. The molecular formula is C39H68O2U. The Morgan fingerprint density at radius 2 is 1.17 bits per heavy atom. The second-order valence-electron chi connectivity index (χ2n) is 10.7. The molecule has 2 atom stereocenters. The maximum Gasteiger partial charge on any atom is 2.00 e. The number of aryl methyl sites for hydroxylation is 1. The Kier molecular flexibility index (Phi) is 45.5. The number of hydrogen-bond donors (Lipinski definition) is 0. The van der Waals surface area contributed by atoms with Gasteiger partial charge < -0.3 is 7.43 Å². The third-order valence-electron chi connectivity index (χ3n) is 6.70. The van der Waals surface area contributed by atoms with Crippen LogP contribution in [0.1, 0.15) is 166 Å². The van der Waals surface area contributed by atoms with E-state index in [1.807, 2.05) is 45.0 Å². The van der Waals surface area contributed by atoms with Crippen molar-refractivity contribution in [2.24, 2.45) is 11.8 Å². The maximum atomic E-state index is 11.9. The number of hydrogen-bond acceptors (Lipinski definition) is 2. The van der Waals surface area contributed by atoms with E-state index in [0.717, 1.165) is 12.3 Å². The van der Waals surface area contributed by atoms with Crippen molar-refractivity contribution in [2.75, 3.05) is 0 Å². The van der Waals surface area contributed by atoms with Gasteiger partial charge in [0.25, 0.3) is 0 Å². The Bertz CT molecular complexity index is 810. The zero-order valence-corrected chi connectivity index (χ0v) is 34.0. The Morgan fingerprint density at radius 1 is 0.690 bits per heavy atom. The molecule has 0 saturated heterocycles. The Labute approximate surface area is 288 Å². The molecule has 0 bridgehead atoms. The monoisotopic (exact) mass is 807 g/mol. The predicted molar refractivity (Wildman–Crippen MR) is 186 cm³/mol. The average Bonchev–Trinajstić information content (AvgIpc) is 2.99. The minimum absolute atomic E-state index is 0. The molecule has 240 valence electrons. The van der Waals surface area contributed by atoms with Gasteiger partial charge in [-0.25, -0.2) is 0 Å². The van der Waals surface area contributed by atoms with Gasteiger partial charge >= 0.3 is 31.1 Å². The molecule has 0 spiro atoms. The van der Waals surface area contributed by atoms with Crippen LogP contribution in [0.5, 0.6) is 0 Å². The molecule has 0 amide bonds. The van der Waals surface area contributed by atoms with Gasteiger partial charge in [-0.1, -0.05) is 158 Å². The molecule has 2 aromatic rings. The minimum atomic E-state index is -0.0535. The largest absolute Gasteiger partial charge is 2.00 e. The molecule has 0 radical (unpaired) electrons. The van der Waals surface area contributed by atoms with E-state index in [1.165, 1.54) is 76.7 Å². The van der Waals surface area contributed by atoms with Crippen molar-refractivity contribution in [2.45, 2.75) is 147 Å². The SMILES string of the molecule is CCC(C)C(=O)c1ccccc1C(C)=O.CCCC.CCCCC(C)CC.CCCCCC.Cc1[c-]cccc1.[CH3-].[U+2]. The standard InChI is InChI=1S/C13H16O2.C8H18.C7H7.C6H14.C4H10.CH3.U/c1-4-9(2)13(15)12-8-6-5-7-11(12)10(3)14;1-4-6-7-8(3)5-2;1-7-5-3-2-4-6-7;1-3-5-6-4-2;1-3-4-2;;/h5-9H,4H2,1-3H3;8H,4-7H2,1-3H3;2-5H,1H3;3-6H2,1-2H3;3-4H2,1-2H3;1H3;/q;;-1;;;-1;+2. The molecule has 0 aliphatic rings. The van der Waals surface area contributed by atoms with Gasteiger partial charge in [-0.15, -0.1) is 0 Å². The van der Waals surface area contributed by atoms with Crippen LogP contribution in [0.25, 0.3) is 0 Å². The molecule has 0 aliphatic heterocycles. The first-order valence-electron chi connectivity index (χ1n) is 16.2. The van der Waals surface area contributed by atoms with Crippen molar-refractivity contribution in [1.82, 2.24) is 0 Å². The molecule has 0 aromatic heterocycles. The van der Waals surface area contributed by atoms with Gasteiger partial charge in [0.1, 0.15) is 0 Å². The van der Waals surface area contributed by atoms with E-state index in [4.69, 9.17) is 0 Å². The smallest absolute Gasteiger partial charge is 0.358 e. The van der Waals surface area contributed by atoms with Crippen LogP contribution in [0.3, 0.4) is 0 Å². The maximum absolute atomic E-state index is 11.9. The summed E-state index contributed by atoms with van der Waals surface area (Å²) in [5.41, 5.74) is 2.28. The van der Waals surface area contributed by atoms with Crippen molar-refractivity contribution in [3.8, 4) is 0 Å². The quantitative estimate of drug-likeness (QED) is 0.122. The van der Waals surface area contributed by atoms with Crippen LogP contribution in [0.2, 0.25) is 0 Å². The summed E-state index contributed by atoms with van der Waals surface area (Å²) in [5.74, 6) is 0.936. The van der Waals surface area contributed by atoms with Gasteiger partial charge in [0, 0.05) is 17.0 Å². The van der Waals surface area contributed by atoms with Crippen LogP contribution < -0.4 is 0 Å². The first-order valence-corrected chi connectivity index (χ1v) is 16.2. The normalized spacial score (nSPS) is 10.5. The van der Waals surface area contributed by atoms with E-state index < -0.39 is 0 Å². The van der Waals surface area contributed by atoms with Crippen LogP contribution in [-0.4, -0.2) is 11.6 Å². The summed E-state index contributed by atoms with van der Waals surface area (Å²) in [4.78, 5) is 23.3. The molecule has 0 fully saturated rings. The average molecular weight is 807 g/mol. The van der Waals surface area contributed by atoms with E-state index in [1.54, 1.807) is 24.3 Å². The topological polar surface area (TPSA) is 34.1 Å². The molecule has 0 heterocycles. The van der Waals surface area contributed by atoms with Crippen LogP contribution in [0.15, 0.2) is 48.5 Å². The number of carbonyl (C=O) groups excluding carboxylic acids is 2. The fourth-order valence-electron chi connectivity index (χ4n) is 3.20. The molecule has 0 saturated carbocycles. The summed E-state index contributed by atoms with van der Waals surface area (Å²) >= 11 is 0. The number of rotatable bonds is 12. The van der Waals surface area contributed by atoms with Gasteiger partial charge in [-0.05, 0) is 19.3 Å². The van der Waals surface area contributed by atoms with Crippen LogP contribution in [-0.2, 0) is 0 Å². The van der Waals surface area contributed by atoms with Crippen molar-refractivity contribution >= 4 is 11.6 Å². The Hall–Kier alpha value is -1.17. The zero-order chi connectivity index (χ0) is 31.2. The predicted octanol–water partition coefficient (Wildman–Crippen LogP) is 13.0. The van der Waals surface area contributed by atoms with E-state index in [0.29, 0.717) is 11.1 Å². The van der Waals surface area contributed by atoms with E-state index in [9.17, 15) is 9.59 Å². The molecule has 42 heavy (non-hydrogen) atoms. The molecule has 2 rings (SSSR count).